The molecule has 31 heavy (non-hydrogen) atoms. The molecule has 0 aromatic carbocycles. The minimum Gasteiger partial charge on any atom is -0.383 e. The van der Waals surface area contributed by atoms with Crippen molar-refractivity contribution in [3.63, 3.8) is 0 Å². The van der Waals surface area contributed by atoms with E-state index in [-0.39, 0.29) is 0 Å². The van der Waals surface area contributed by atoms with Gasteiger partial charge in [0.15, 0.2) is 0 Å². The Hall–Kier alpha value is -2.03. The first-order chi connectivity index (χ1) is 15.1. The van der Waals surface area contributed by atoms with Crippen molar-refractivity contribution in [3.05, 3.63) is 23.5 Å². The quantitative estimate of drug-likeness (QED) is 0.508. The molecule has 2 heterocycles. The molecule has 3 N–H and O–H groups in total. The number of methoxy groups -OCH3 is 1. The highest BCUT2D eigenvalue weighted by atomic mass is 35.5. The summed E-state index contributed by atoms with van der Waals surface area (Å²) in [5, 5.41) is 19.3. The molecule has 2 aliphatic rings. The molecule has 8 nitrogen and oxygen atoms in total. The van der Waals surface area contributed by atoms with E-state index in [1.54, 1.807) is 19.5 Å². The van der Waals surface area contributed by atoms with E-state index in [0.29, 0.717) is 34.8 Å². The molecule has 0 spiro atoms. The molecule has 1 atom stereocenters. The highest BCUT2D eigenvalue weighted by Crippen LogP contribution is 2.30. The van der Waals surface area contributed by atoms with Crippen LogP contribution in [0.25, 0.3) is 11.3 Å². The molecule has 168 valence electrons. The predicted molar refractivity (Wildman–Crippen MR) is 123 cm³/mol. The van der Waals surface area contributed by atoms with E-state index in [4.69, 9.17) is 21.3 Å². The third kappa shape index (κ3) is 6.48. The number of nitrogens with one attached hydrogen (secondary N) is 3. The van der Waals surface area contributed by atoms with Gasteiger partial charge < -0.3 is 20.7 Å². The standard InChI is InChI=1S/C22H32ClN7O/c1-14(13-31-2)27-17-5-7-18(8-6-17)28-22-25-12-19(23)21(29-22)16-9-20(30-26-11-16)24-10-15-3-4-15/h9,11-12,14-15,17-18,27H,3-8,10,13H2,1-2H3,(H,24,30)(H,25,28,29)/t14-,17?,18?/m0/s1. The third-order valence-corrected chi connectivity index (χ3v) is 6.21. The maximum absolute atomic E-state index is 6.42. The van der Waals surface area contributed by atoms with Crippen LogP contribution in [0.2, 0.25) is 5.02 Å². The lowest BCUT2D eigenvalue weighted by Gasteiger charge is -2.31. The lowest BCUT2D eigenvalue weighted by Crippen LogP contribution is -2.43. The zero-order valence-electron chi connectivity index (χ0n) is 18.3. The molecule has 0 saturated heterocycles. The van der Waals surface area contributed by atoms with Gasteiger partial charge in [-0.15, -0.1) is 5.10 Å². The number of rotatable bonds is 10. The molecule has 9 heteroatoms. The van der Waals surface area contributed by atoms with Gasteiger partial charge in [0.2, 0.25) is 5.95 Å². The summed E-state index contributed by atoms with van der Waals surface area (Å²) in [6, 6.07) is 3.22. The summed E-state index contributed by atoms with van der Waals surface area (Å²) in [5.41, 5.74) is 1.51. The maximum atomic E-state index is 6.42. The Morgan fingerprint density at radius 1 is 1.13 bits per heavy atom. The number of anilines is 2. The number of hydrogen-bond donors (Lipinski definition) is 3. The normalized spacial score (nSPS) is 22.2. The second kappa shape index (κ2) is 10.5. The van der Waals surface area contributed by atoms with Crippen molar-refractivity contribution < 1.29 is 4.74 Å². The fourth-order valence-corrected chi connectivity index (χ4v) is 4.28. The highest BCUT2D eigenvalue weighted by Gasteiger charge is 2.23. The number of ether oxygens (including phenoxy) is 1. The smallest absolute Gasteiger partial charge is 0.223 e. The molecule has 0 radical (unpaired) electrons. The van der Waals surface area contributed by atoms with E-state index in [1.807, 2.05) is 6.07 Å². The second-order valence-corrected chi connectivity index (χ2v) is 9.17. The van der Waals surface area contributed by atoms with Gasteiger partial charge in [0.05, 0.1) is 29.7 Å². The molecule has 2 aromatic heterocycles. The van der Waals surface area contributed by atoms with Crippen molar-refractivity contribution in [2.75, 3.05) is 30.9 Å². The molecule has 0 unspecified atom stereocenters. The summed E-state index contributed by atoms with van der Waals surface area (Å²) in [5.74, 6) is 2.12. The Balaban J connectivity index is 1.35. The average Bonchev–Trinajstić information content (AvgIpc) is 3.60. The minimum absolute atomic E-state index is 0.358. The minimum atomic E-state index is 0.358. The van der Waals surface area contributed by atoms with Gasteiger partial charge in [-0.05, 0) is 57.4 Å². The number of aromatic nitrogens is 4. The van der Waals surface area contributed by atoms with Crippen LogP contribution in [0.3, 0.4) is 0 Å². The summed E-state index contributed by atoms with van der Waals surface area (Å²) >= 11 is 6.42. The molecule has 2 fully saturated rings. The van der Waals surface area contributed by atoms with Gasteiger partial charge in [0.1, 0.15) is 5.82 Å². The van der Waals surface area contributed by atoms with E-state index < -0.39 is 0 Å². The van der Waals surface area contributed by atoms with E-state index in [0.717, 1.165) is 56.1 Å². The SMILES string of the molecule is COC[C@H](C)NC1CCC(Nc2ncc(Cl)c(-c3cnnc(NCC4CC4)c3)n2)CC1. The predicted octanol–water partition coefficient (Wildman–Crippen LogP) is 3.76. The molecule has 0 amide bonds. The van der Waals surface area contributed by atoms with Crippen LogP contribution in [0.5, 0.6) is 0 Å². The van der Waals surface area contributed by atoms with Crippen LogP contribution in [0, 0.1) is 5.92 Å². The van der Waals surface area contributed by atoms with Crippen LogP contribution in [-0.4, -0.2) is 58.6 Å². The number of nitrogens with zero attached hydrogens (tertiary/aromatic N) is 4. The van der Waals surface area contributed by atoms with Gasteiger partial charge in [0.25, 0.3) is 0 Å². The van der Waals surface area contributed by atoms with E-state index in [1.165, 1.54) is 12.8 Å². The summed E-state index contributed by atoms with van der Waals surface area (Å²) in [6.07, 6.45) is 10.3. The molecule has 4 rings (SSSR count). The van der Waals surface area contributed by atoms with E-state index >= 15 is 0 Å². The van der Waals surface area contributed by atoms with Crippen molar-refractivity contribution >= 4 is 23.4 Å². The summed E-state index contributed by atoms with van der Waals surface area (Å²) in [6.45, 7) is 3.84. The number of hydrogen-bond acceptors (Lipinski definition) is 8. The molecular formula is C22H32ClN7O. The van der Waals surface area contributed by atoms with Gasteiger partial charge in [-0.25, -0.2) is 9.97 Å². The van der Waals surface area contributed by atoms with Gasteiger partial charge in [0, 0.05) is 37.3 Å². The molecule has 0 bridgehead atoms. The maximum Gasteiger partial charge on any atom is 0.223 e. The van der Waals surface area contributed by atoms with Crippen molar-refractivity contribution in [1.29, 1.82) is 0 Å². The molecule has 2 saturated carbocycles. The zero-order chi connectivity index (χ0) is 21.6. The van der Waals surface area contributed by atoms with Crippen molar-refractivity contribution in [1.82, 2.24) is 25.5 Å². The first-order valence-electron chi connectivity index (χ1n) is 11.2. The Morgan fingerprint density at radius 3 is 2.65 bits per heavy atom. The Bertz CT molecular complexity index is 856. The molecular weight excluding hydrogens is 414 g/mol. The lowest BCUT2D eigenvalue weighted by molar-refractivity contribution is 0.161. The second-order valence-electron chi connectivity index (χ2n) is 8.76. The third-order valence-electron chi connectivity index (χ3n) is 5.94. The van der Waals surface area contributed by atoms with Crippen molar-refractivity contribution in [3.8, 4) is 11.3 Å². The summed E-state index contributed by atoms with van der Waals surface area (Å²) in [4.78, 5) is 9.10. The van der Waals surface area contributed by atoms with Crippen LogP contribution in [0.1, 0.15) is 45.4 Å². The zero-order valence-corrected chi connectivity index (χ0v) is 19.0. The largest absolute Gasteiger partial charge is 0.383 e. The molecule has 0 aliphatic heterocycles. The fourth-order valence-electron chi connectivity index (χ4n) is 4.08. The Labute approximate surface area is 188 Å². The van der Waals surface area contributed by atoms with Crippen LogP contribution < -0.4 is 16.0 Å². The van der Waals surface area contributed by atoms with Gasteiger partial charge in [-0.3, -0.25) is 0 Å². The molecule has 2 aromatic rings. The van der Waals surface area contributed by atoms with Crippen molar-refractivity contribution in [2.45, 2.75) is 63.6 Å². The first-order valence-corrected chi connectivity index (χ1v) is 11.6. The van der Waals surface area contributed by atoms with Gasteiger partial charge in [-0.2, -0.15) is 5.10 Å². The first kappa shape index (κ1) is 22.2. The van der Waals surface area contributed by atoms with Crippen LogP contribution in [-0.2, 0) is 4.74 Å². The van der Waals surface area contributed by atoms with Gasteiger partial charge in [-0.1, -0.05) is 11.6 Å². The van der Waals surface area contributed by atoms with Crippen molar-refractivity contribution in [2.24, 2.45) is 5.92 Å². The lowest BCUT2D eigenvalue weighted by atomic mass is 9.91. The summed E-state index contributed by atoms with van der Waals surface area (Å²) in [7, 11) is 1.74. The monoisotopic (exact) mass is 445 g/mol. The fraction of sp³-hybridized carbons (Fsp3) is 0.636. The van der Waals surface area contributed by atoms with Crippen LogP contribution in [0.4, 0.5) is 11.8 Å². The molecule has 2 aliphatic carbocycles. The Morgan fingerprint density at radius 2 is 1.90 bits per heavy atom. The topological polar surface area (TPSA) is 96.9 Å². The van der Waals surface area contributed by atoms with Gasteiger partial charge >= 0.3 is 0 Å². The van der Waals surface area contributed by atoms with E-state index in [9.17, 15) is 0 Å². The highest BCUT2D eigenvalue weighted by molar-refractivity contribution is 6.32. The van der Waals surface area contributed by atoms with E-state index in [2.05, 4.69) is 38.1 Å². The average molecular weight is 446 g/mol. The van der Waals surface area contributed by atoms with Crippen LogP contribution >= 0.6 is 11.6 Å². The number of halogens is 1. The Kier molecular flexibility index (Phi) is 7.53. The van der Waals surface area contributed by atoms with Crippen LogP contribution in [0.15, 0.2) is 18.5 Å². The summed E-state index contributed by atoms with van der Waals surface area (Å²) < 4.78 is 5.22.